The number of nitriles is 1. The molecule has 1 aliphatic rings. The van der Waals surface area contributed by atoms with Gasteiger partial charge in [0.2, 0.25) is 0 Å². The maximum Gasteiger partial charge on any atom is 0.308 e. The molecule has 4 nitrogen and oxygen atoms in total. The predicted octanol–water partition coefficient (Wildman–Crippen LogP) is 1.61. The largest absolute Gasteiger partial charge is 0.481 e. The van der Waals surface area contributed by atoms with Crippen LogP contribution >= 0.6 is 0 Å². The second-order valence-corrected chi connectivity index (χ2v) is 4.02. The van der Waals surface area contributed by atoms with E-state index >= 15 is 0 Å². The number of halogens is 1. The fourth-order valence-corrected chi connectivity index (χ4v) is 2.07. The first-order valence-electron chi connectivity index (χ1n) is 5.30. The van der Waals surface area contributed by atoms with Crippen molar-refractivity contribution < 1.29 is 14.3 Å². The lowest BCUT2D eigenvalue weighted by Crippen LogP contribution is -2.23. The van der Waals surface area contributed by atoms with Crippen LogP contribution in [0.5, 0.6) is 0 Å². The van der Waals surface area contributed by atoms with Gasteiger partial charge >= 0.3 is 5.97 Å². The molecule has 1 unspecified atom stereocenters. The third-order valence-corrected chi connectivity index (χ3v) is 2.98. The van der Waals surface area contributed by atoms with E-state index in [-0.39, 0.29) is 5.56 Å². The topological polar surface area (TPSA) is 64.3 Å². The Labute approximate surface area is 97.9 Å². The molecule has 0 aromatic heterocycles. The number of aliphatic carboxylic acids is 1. The van der Waals surface area contributed by atoms with E-state index in [0.717, 1.165) is 0 Å². The molecule has 1 N–H and O–H groups in total. The van der Waals surface area contributed by atoms with Crippen molar-refractivity contribution >= 4 is 11.7 Å². The molecule has 0 spiro atoms. The maximum atomic E-state index is 13.4. The number of hydrogen-bond acceptors (Lipinski definition) is 3. The molecule has 1 saturated heterocycles. The normalized spacial score (nSPS) is 19.1. The molecule has 1 atom stereocenters. The Kier molecular flexibility index (Phi) is 2.96. The van der Waals surface area contributed by atoms with E-state index in [2.05, 4.69) is 0 Å². The molecule has 1 aromatic rings. The summed E-state index contributed by atoms with van der Waals surface area (Å²) in [4.78, 5) is 12.6. The second-order valence-electron chi connectivity index (χ2n) is 4.02. The van der Waals surface area contributed by atoms with Gasteiger partial charge in [-0.15, -0.1) is 0 Å². The molecule has 88 valence electrons. The van der Waals surface area contributed by atoms with Crippen molar-refractivity contribution in [3.8, 4) is 6.07 Å². The van der Waals surface area contributed by atoms with Crippen molar-refractivity contribution in [1.29, 1.82) is 5.26 Å². The summed E-state index contributed by atoms with van der Waals surface area (Å²) in [6.07, 6.45) is 0.525. The SMILES string of the molecule is N#Cc1c(F)cccc1N1CCC(C(=O)O)C1. The van der Waals surface area contributed by atoms with Crippen molar-refractivity contribution in [2.75, 3.05) is 18.0 Å². The molecular weight excluding hydrogens is 223 g/mol. The number of anilines is 1. The number of carboxylic acid groups (broad SMARTS) is 1. The van der Waals surface area contributed by atoms with Crippen LogP contribution in [-0.4, -0.2) is 24.2 Å². The number of carboxylic acids is 1. The van der Waals surface area contributed by atoms with Crippen molar-refractivity contribution in [1.82, 2.24) is 0 Å². The van der Waals surface area contributed by atoms with Crippen LogP contribution in [0.2, 0.25) is 0 Å². The van der Waals surface area contributed by atoms with E-state index in [9.17, 15) is 9.18 Å². The summed E-state index contributed by atoms with van der Waals surface area (Å²) in [5.74, 6) is -1.85. The smallest absolute Gasteiger partial charge is 0.308 e. The highest BCUT2D eigenvalue weighted by atomic mass is 19.1. The van der Waals surface area contributed by atoms with E-state index in [1.807, 2.05) is 6.07 Å². The summed E-state index contributed by atoms with van der Waals surface area (Å²) in [6.45, 7) is 0.864. The van der Waals surface area contributed by atoms with Crippen LogP contribution in [0.15, 0.2) is 18.2 Å². The summed E-state index contributed by atoms with van der Waals surface area (Å²) in [6, 6.07) is 6.22. The standard InChI is InChI=1S/C12H11FN2O2/c13-10-2-1-3-11(9(10)6-14)15-5-4-8(7-15)12(16)17/h1-3,8H,4-5,7H2,(H,16,17). The zero-order chi connectivity index (χ0) is 12.4. The first-order valence-corrected chi connectivity index (χ1v) is 5.30. The monoisotopic (exact) mass is 234 g/mol. The van der Waals surface area contributed by atoms with Crippen LogP contribution in [0.1, 0.15) is 12.0 Å². The summed E-state index contributed by atoms with van der Waals surface area (Å²) in [7, 11) is 0. The predicted molar refractivity (Wildman–Crippen MR) is 59.1 cm³/mol. The highest BCUT2D eigenvalue weighted by Gasteiger charge is 2.29. The Morgan fingerprint density at radius 3 is 2.94 bits per heavy atom. The van der Waals surface area contributed by atoms with Crippen molar-refractivity contribution in [3.63, 3.8) is 0 Å². The van der Waals surface area contributed by atoms with Crippen LogP contribution in [0.25, 0.3) is 0 Å². The van der Waals surface area contributed by atoms with Crippen molar-refractivity contribution in [2.24, 2.45) is 5.92 Å². The van der Waals surface area contributed by atoms with E-state index in [4.69, 9.17) is 10.4 Å². The highest BCUT2D eigenvalue weighted by molar-refractivity contribution is 5.72. The molecule has 0 saturated carbocycles. The summed E-state index contributed by atoms with van der Waals surface area (Å²) >= 11 is 0. The quantitative estimate of drug-likeness (QED) is 0.844. The maximum absolute atomic E-state index is 13.4. The van der Waals surface area contributed by atoms with Gasteiger partial charge in [0.25, 0.3) is 0 Å². The van der Waals surface area contributed by atoms with E-state index < -0.39 is 17.7 Å². The van der Waals surface area contributed by atoms with Gasteiger partial charge in [0.05, 0.1) is 11.6 Å². The lowest BCUT2D eigenvalue weighted by Gasteiger charge is -2.19. The Morgan fingerprint density at radius 1 is 1.59 bits per heavy atom. The first kappa shape index (κ1) is 11.4. The number of rotatable bonds is 2. The van der Waals surface area contributed by atoms with Gasteiger partial charge in [-0.25, -0.2) is 4.39 Å². The van der Waals surface area contributed by atoms with Gasteiger partial charge in [-0.3, -0.25) is 4.79 Å². The van der Waals surface area contributed by atoms with Crippen LogP contribution < -0.4 is 4.90 Å². The van der Waals surface area contributed by atoms with Crippen LogP contribution in [0, 0.1) is 23.1 Å². The van der Waals surface area contributed by atoms with Crippen LogP contribution in [-0.2, 0) is 4.79 Å². The fourth-order valence-electron chi connectivity index (χ4n) is 2.07. The number of hydrogen-bond donors (Lipinski definition) is 1. The molecule has 0 aliphatic carbocycles. The van der Waals surface area contributed by atoms with Crippen LogP contribution in [0.3, 0.4) is 0 Å². The van der Waals surface area contributed by atoms with Gasteiger partial charge in [-0.05, 0) is 18.6 Å². The molecule has 1 fully saturated rings. The van der Waals surface area contributed by atoms with Gasteiger partial charge in [0.1, 0.15) is 17.4 Å². The number of benzene rings is 1. The Morgan fingerprint density at radius 2 is 2.35 bits per heavy atom. The Hall–Kier alpha value is -2.09. The molecule has 5 heteroatoms. The molecule has 1 aliphatic heterocycles. The lowest BCUT2D eigenvalue weighted by molar-refractivity contribution is -0.140. The van der Waals surface area contributed by atoms with Gasteiger partial charge < -0.3 is 10.0 Å². The number of carbonyl (C=O) groups is 1. The van der Waals surface area contributed by atoms with E-state index in [0.29, 0.717) is 25.2 Å². The van der Waals surface area contributed by atoms with Gasteiger partial charge in [0, 0.05) is 13.1 Å². The minimum atomic E-state index is -0.845. The first-order chi connectivity index (χ1) is 8.13. The molecule has 2 rings (SSSR count). The zero-order valence-electron chi connectivity index (χ0n) is 9.06. The van der Waals surface area contributed by atoms with Gasteiger partial charge in [-0.2, -0.15) is 5.26 Å². The fraction of sp³-hybridized carbons (Fsp3) is 0.333. The third kappa shape index (κ3) is 2.07. The zero-order valence-corrected chi connectivity index (χ0v) is 9.06. The molecule has 0 amide bonds. The molecular formula is C12H11FN2O2. The Bertz CT molecular complexity index is 496. The van der Waals surface area contributed by atoms with Crippen molar-refractivity contribution in [3.05, 3.63) is 29.6 Å². The van der Waals surface area contributed by atoms with E-state index in [1.165, 1.54) is 12.1 Å². The summed E-state index contributed by atoms with van der Waals surface area (Å²) in [5, 5.41) is 17.8. The van der Waals surface area contributed by atoms with Crippen molar-refractivity contribution in [2.45, 2.75) is 6.42 Å². The molecule has 0 bridgehead atoms. The van der Waals surface area contributed by atoms with E-state index in [1.54, 1.807) is 11.0 Å². The third-order valence-electron chi connectivity index (χ3n) is 2.98. The molecule has 17 heavy (non-hydrogen) atoms. The summed E-state index contributed by atoms with van der Waals surface area (Å²) < 4.78 is 13.4. The summed E-state index contributed by atoms with van der Waals surface area (Å²) in [5.41, 5.74) is 0.467. The van der Waals surface area contributed by atoms with Gasteiger partial charge in [-0.1, -0.05) is 6.07 Å². The van der Waals surface area contributed by atoms with Gasteiger partial charge in [0.15, 0.2) is 0 Å². The average molecular weight is 234 g/mol. The highest BCUT2D eigenvalue weighted by Crippen LogP contribution is 2.28. The minimum Gasteiger partial charge on any atom is -0.481 e. The minimum absolute atomic E-state index is 0.0152. The lowest BCUT2D eigenvalue weighted by atomic mass is 10.1. The number of nitrogens with zero attached hydrogens (tertiary/aromatic N) is 2. The molecule has 0 radical (unpaired) electrons. The second kappa shape index (κ2) is 4.42. The van der Waals surface area contributed by atoms with Crippen LogP contribution in [0.4, 0.5) is 10.1 Å². The molecule has 1 aromatic carbocycles. The average Bonchev–Trinajstić information content (AvgIpc) is 2.77. The Balaban J connectivity index is 2.28. The molecule has 1 heterocycles.